The highest BCUT2D eigenvalue weighted by molar-refractivity contribution is 5.98. The summed E-state index contributed by atoms with van der Waals surface area (Å²) in [5.41, 5.74) is 0.765. The van der Waals surface area contributed by atoms with Crippen LogP contribution in [0.3, 0.4) is 0 Å². The number of hydrogen-bond donors (Lipinski definition) is 1. The molecule has 6 nitrogen and oxygen atoms in total. The number of hydrogen-bond acceptors (Lipinski definition) is 4. The van der Waals surface area contributed by atoms with Crippen LogP contribution < -0.4 is 5.32 Å². The van der Waals surface area contributed by atoms with Crippen molar-refractivity contribution in [3.63, 3.8) is 0 Å². The molecule has 2 amide bonds. The largest absolute Gasteiger partial charge is 0.451 e. The molecular formula is C18H22N2O4. The maximum atomic E-state index is 12.2. The molecule has 0 aliphatic carbocycles. The molecule has 24 heavy (non-hydrogen) atoms. The number of esters is 1. The van der Waals surface area contributed by atoms with Gasteiger partial charge in [0.05, 0.1) is 0 Å². The van der Waals surface area contributed by atoms with E-state index < -0.39 is 5.97 Å². The van der Waals surface area contributed by atoms with Crippen LogP contribution in [0.1, 0.15) is 31.7 Å². The Morgan fingerprint density at radius 2 is 1.79 bits per heavy atom. The third-order valence-corrected chi connectivity index (χ3v) is 3.68. The predicted octanol–water partition coefficient (Wildman–Crippen LogP) is 1.72. The first kappa shape index (κ1) is 17.7. The van der Waals surface area contributed by atoms with E-state index in [1.54, 1.807) is 17.0 Å². The molecule has 0 unspecified atom stereocenters. The summed E-state index contributed by atoms with van der Waals surface area (Å²) in [5.74, 6) is -1.30. The lowest BCUT2D eigenvalue weighted by molar-refractivity contribution is -0.149. The van der Waals surface area contributed by atoms with Gasteiger partial charge in [-0.2, -0.15) is 0 Å². The lowest BCUT2D eigenvalue weighted by Gasteiger charge is -2.26. The molecule has 1 saturated heterocycles. The first-order valence-electron chi connectivity index (χ1n) is 8.05. The van der Waals surface area contributed by atoms with Crippen molar-refractivity contribution in [3.8, 4) is 0 Å². The first-order chi connectivity index (χ1) is 11.6. The molecule has 0 saturated carbocycles. The Morgan fingerprint density at radius 1 is 1.12 bits per heavy atom. The van der Waals surface area contributed by atoms with Gasteiger partial charge in [0.25, 0.3) is 5.91 Å². The van der Waals surface area contributed by atoms with E-state index in [4.69, 9.17) is 4.74 Å². The van der Waals surface area contributed by atoms with Crippen molar-refractivity contribution < 1.29 is 19.1 Å². The fourth-order valence-corrected chi connectivity index (χ4v) is 2.49. The number of carbonyl (C=O) groups excluding carboxylic acids is 3. The Balaban J connectivity index is 1.98. The summed E-state index contributed by atoms with van der Waals surface area (Å²) in [4.78, 5) is 37.2. The summed E-state index contributed by atoms with van der Waals surface area (Å²) in [6.07, 6.45) is 4.60. The summed E-state index contributed by atoms with van der Waals surface area (Å²) in [6.45, 7) is 2.40. The Labute approximate surface area is 141 Å². The van der Waals surface area contributed by atoms with Crippen molar-refractivity contribution in [2.45, 2.75) is 26.2 Å². The molecule has 1 N–H and O–H groups in total. The van der Waals surface area contributed by atoms with Gasteiger partial charge in [-0.1, -0.05) is 30.3 Å². The number of rotatable bonds is 5. The van der Waals surface area contributed by atoms with Crippen molar-refractivity contribution in [1.82, 2.24) is 10.2 Å². The highest BCUT2D eigenvalue weighted by atomic mass is 16.5. The minimum absolute atomic E-state index is 0.0140. The third kappa shape index (κ3) is 5.53. The van der Waals surface area contributed by atoms with Crippen LogP contribution in [0.4, 0.5) is 0 Å². The molecule has 1 aromatic carbocycles. The summed E-state index contributed by atoms with van der Waals surface area (Å²) >= 11 is 0. The van der Waals surface area contributed by atoms with Crippen LogP contribution in [0.5, 0.6) is 0 Å². The van der Waals surface area contributed by atoms with Crippen LogP contribution in [0.15, 0.2) is 36.0 Å². The molecule has 0 aromatic heterocycles. The monoisotopic (exact) mass is 330 g/mol. The molecule has 128 valence electrons. The summed E-state index contributed by atoms with van der Waals surface area (Å²) in [7, 11) is 0. The summed E-state index contributed by atoms with van der Waals surface area (Å²) in [6, 6.07) is 9.10. The van der Waals surface area contributed by atoms with E-state index in [2.05, 4.69) is 5.32 Å². The van der Waals surface area contributed by atoms with Gasteiger partial charge in [-0.05, 0) is 30.9 Å². The Morgan fingerprint density at radius 3 is 2.42 bits per heavy atom. The van der Waals surface area contributed by atoms with Crippen LogP contribution in [0, 0.1) is 0 Å². The molecule has 1 fully saturated rings. The van der Waals surface area contributed by atoms with E-state index in [0.29, 0.717) is 13.1 Å². The topological polar surface area (TPSA) is 75.7 Å². The average Bonchev–Trinajstić information content (AvgIpc) is 2.60. The molecule has 1 heterocycles. The lowest BCUT2D eigenvalue weighted by Crippen LogP contribution is -2.39. The zero-order valence-corrected chi connectivity index (χ0v) is 13.8. The number of carbonyl (C=O) groups is 3. The number of benzene rings is 1. The first-order valence-corrected chi connectivity index (χ1v) is 8.05. The quantitative estimate of drug-likeness (QED) is 0.659. The second kappa shape index (κ2) is 8.86. The van der Waals surface area contributed by atoms with Crippen LogP contribution in [-0.2, 0) is 19.1 Å². The molecule has 0 atom stereocenters. The summed E-state index contributed by atoms with van der Waals surface area (Å²) in [5, 5.41) is 2.45. The van der Waals surface area contributed by atoms with Gasteiger partial charge in [0, 0.05) is 20.0 Å². The van der Waals surface area contributed by atoms with Gasteiger partial charge in [-0.25, -0.2) is 4.79 Å². The maximum absolute atomic E-state index is 12.2. The highest BCUT2D eigenvalue weighted by Gasteiger charge is 2.19. The van der Waals surface area contributed by atoms with Gasteiger partial charge >= 0.3 is 5.97 Å². The second-order valence-electron chi connectivity index (χ2n) is 5.67. The molecule has 0 radical (unpaired) electrons. The van der Waals surface area contributed by atoms with Gasteiger partial charge in [-0.3, -0.25) is 9.59 Å². The van der Waals surface area contributed by atoms with Crippen molar-refractivity contribution in [2.24, 2.45) is 0 Å². The molecule has 2 rings (SSSR count). The second-order valence-corrected chi connectivity index (χ2v) is 5.67. The molecule has 1 aliphatic heterocycles. The number of likely N-dealkylation sites (tertiary alicyclic amines) is 1. The number of piperidine rings is 1. The third-order valence-electron chi connectivity index (χ3n) is 3.68. The van der Waals surface area contributed by atoms with Crippen LogP contribution in [0.2, 0.25) is 0 Å². The molecule has 0 bridgehead atoms. The lowest BCUT2D eigenvalue weighted by atomic mass is 10.1. The zero-order chi connectivity index (χ0) is 17.4. The Hall–Kier alpha value is -2.63. The minimum atomic E-state index is -0.723. The minimum Gasteiger partial charge on any atom is -0.451 e. The number of nitrogens with one attached hydrogen (secondary N) is 1. The average molecular weight is 330 g/mol. The van der Waals surface area contributed by atoms with Crippen LogP contribution in [0.25, 0.3) is 6.08 Å². The van der Waals surface area contributed by atoms with E-state index in [0.717, 1.165) is 24.8 Å². The van der Waals surface area contributed by atoms with E-state index in [9.17, 15) is 14.4 Å². The van der Waals surface area contributed by atoms with Crippen molar-refractivity contribution in [2.75, 3.05) is 19.7 Å². The van der Waals surface area contributed by atoms with E-state index in [-0.39, 0.29) is 24.1 Å². The highest BCUT2D eigenvalue weighted by Crippen LogP contribution is 2.10. The van der Waals surface area contributed by atoms with Crippen molar-refractivity contribution in [1.29, 1.82) is 0 Å². The van der Waals surface area contributed by atoms with Gasteiger partial charge in [0.15, 0.2) is 6.61 Å². The van der Waals surface area contributed by atoms with Gasteiger partial charge in [-0.15, -0.1) is 0 Å². The van der Waals surface area contributed by atoms with Gasteiger partial charge in [0.2, 0.25) is 5.91 Å². The standard InChI is InChI=1S/C18H22N2O4/c1-14(21)19-16(12-15-8-4-2-5-9-15)18(23)24-13-17(22)20-10-6-3-7-11-20/h2,4-5,8-9,12H,3,6-7,10-11,13H2,1H3,(H,19,21)/b16-12+. The van der Waals surface area contributed by atoms with E-state index >= 15 is 0 Å². The fraction of sp³-hybridized carbons (Fsp3) is 0.389. The van der Waals surface area contributed by atoms with E-state index in [1.807, 2.05) is 18.2 Å². The normalized spacial score (nSPS) is 14.9. The summed E-state index contributed by atoms with van der Waals surface area (Å²) < 4.78 is 5.08. The molecule has 1 aliphatic rings. The number of nitrogens with zero attached hydrogens (tertiary/aromatic N) is 1. The predicted molar refractivity (Wildman–Crippen MR) is 89.6 cm³/mol. The molecule has 1 aromatic rings. The Bertz CT molecular complexity index is 619. The molecule has 0 spiro atoms. The fourth-order valence-electron chi connectivity index (χ4n) is 2.49. The van der Waals surface area contributed by atoms with Crippen LogP contribution >= 0.6 is 0 Å². The number of amides is 2. The molecular weight excluding hydrogens is 308 g/mol. The van der Waals surface area contributed by atoms with E-state index in [1.165, 1.54) is 13.0 Å². The van der Waals surface area contributed by atoms with Crippen LogP contribution in [-0.4, -0.2) is 42.4 Å². The maximum Gasteiger partial charge on any atom is 0.355 e. The van der Waals surface area contributed by atoms with Crippen molar-refractivity contribution in [3.05, 3.63) is 41.6 Å². The Kier molecular flexibility index (Phi) is 6.54. The molecule has 6 heteroatoms. The smallest absolute Gasteiger partial charge is 0.355 e. The van der Waals surface area contributed by atoms with Gasteiger partial charge in [0.1, 0.15) is 5.70 Å². The SMILES string of the molecule is CC(=O)N/C(=C/c1ccccc1)C(=O)OCC(=O)N1CCCCC1. The zero-order valence-electron chi connectivity index (χ0n) is 13.8. The van der Waals surface area contributed by atoms with Crippen molar-refractivity contribution >= 4 is 23.9 Å². The van der Waals surface area contributed by atoms with Gasteiger partial charge < -0.3 is 15.0 Å². The number of ether oxygens (including phenoxy) is 1.